The van der Waals surface area contributed by atoms with Gasteiger partial charge in [-0.15, -0.1) is 0 Å². The van der Waals surface area contributed by atoms with E-state index in [1.807, 2.05) is 60.7 Å². The number of nitrogens with zero attached hydrogens (tertiary/aromatic N) is 2. The van der Waals surface area contributed by atoms with E-state index in [0.717, 1.165) is 16.7 Å². The molecule has 0 saturated heterocycles. The maximum Gasteiger partial charge on any atom is 0.338 e. The number of aromatic nitrogens is 1. The van der Waals surface area contributed by atoms with E-state index in [0.29, 0.717) is 26.5 Å². The first-order valence-corrected chi connectivity index (χ1v) is 14.9. The van der Waals surface area contributed by atoms with Gasteiger partial charge in [0.2, 0.25) is 0 Å². The number of rotatable bonds is 6. The average molecular weight is 565 g/mol. The topological polar surface area (TPSA) is 60.7 Å². The minimum atomic E-state index is -0.674. The molecule has 0 radical (unpaired) electrons. The first-order valence-electron chi connectivity index (χ1n) is 14.1. The van der Waals surface area contributed by atoms with Crippen LogP contribution < -0.4 is 14.9 Å². The molecule has 0 fully saturated rings. The Morgan fingerprint density at radius 2 is 1.66 bits per heavy atom. The minimum absolute atomic E-state index is 0.0420. The van der Waals surface area contributed by atoms with Gasteiger partial charge < -0.3 is 4.74 Å². The summed E-state index contributed by atoms with van der Waals surface area (Å²) in [5.41, 5.74) is 5.75. The third-order valence-corrected chi connectivity index (χ3v) is 8.35. The van der Waals surface area contributed by atoms with Crippen LogP contribution in [-0.4, -0.2) is 17.1 Å². The largest absolute Gasteiger partial charge is 0.463 e. The highest BCUT2D eigenvalue weighted by Gasteiger charge is 2.35. The Bertz CT molecular complexity index is 1770. The summed E-state index contributed by atoms with van der Waals surface area (Å²) >= 11 is 1.34. The summed E-state index contributed by atoms with van der Waals surface area (Å²) < 4.78 is 7.79. The summed E-state index contributed by atoms with van der Waals surface area (Å²) in [5, 5.41) is 0. The molecule has 1 aromatic heterocycles. The fourth-order valence-corrected chi connectivity index (χ4v) is 6.05. The molecule has 1 aliphatic rings. The van der Waals surface area contributed by atoms with Crippen LogP contribution in [0.4, 0.5) is 0 Å². The van der Waals surface area contributed by atoms with Crippen LogP contribution in [-0.2, 0) is 14.9 Å². The van der Waals surface area contributed by atoms with Crippen LogP contribution in [0.3, 0.4) is 0 Å². The number of esters is 1. The van der Waals surface area contributed by atoms with Crippen molar-refractivity contribution in [1.29, 1.82) is 0 Å². The molecule has 0 amide bonds. The van der Waals surface area contributed by atoms with E-state index in [1.54, 1.807) is 11.5 Å². The van der Waals surface area contributed by atoms with Crippen molar-refractivity contribution in [2.75, 3.05) is 6.61 Å². The Labute approximate surface area is 245 Å². The summed E-state index contributed by atoms with van der Waals surface area (Å²) in [6.07, 6.45) is 1.91. The Kier molecular flexibility index (Phi) is 7.96. The molecule has 2 heterocycles. The van der Waals surface area contributed by atoms with Gasteiger partial charge in [-0.05, 0) is 46.6 Å². The zero-order valence-electron chi connectivity index (χ0n) is 24.5. The van der Waals surface area contributed by atoms with Crippen molar-refractivity contribution < 1.29 is 9.53 Å². The molecule has 0 aliphatic carbocycles. The first-order chi connectivity index (χ1) is 19.6. The monoisotopic (exact) mass is 564 g/mol. The molecule has 0 N–H and O–H groups in total. The van der Waals surface area contributed by atoms with E-state index in [-0.39, 0.29) is 17.6 Å². The van der Waals surface area contributed by atoms with E-state index in [2.05, 4.69) is 58.9 Å². The molecule has 1 aliphatic heterocycles. The van der Waals surface area contributed by atoms with Crippen molar-refractivity contribution in [3.05, 3.63) is 132 Å². The number of hydrogen-bond donors (Lipinski definition) is 0. The maximum absolute atomic E-state index is 14.1. The highest BCUT2D eigenvalue weighted by molar-refractivity contribution is 7.07. The summed E-state index contributed by atoms with van der Waals surface area (Å²) in [5.74, 6) is -0.115. The van der Waals surface area contributed by atoms with Gasteiger partial charge in [0.15, 0.2) is 4.80 Å². The standard InChI is InChI=1S/C35H36N2O3S/c1-7-40-33(39)29-30(25-11-9-8-10-12-25)36-34-37(31(29)26-17-15-24(16-18-26)22(2)3)32(38)28(41-34)21-23-13-19-27(20-14-23)35(4,5)6/h8-22,31H,7H2,1-6H3/b28-21-/t31-/m1/s1. The highest BCUT2D eigenvalue weighted by Crippen LogP contribution is 2.35. The van der Waals surface area contributed by atoms with Gasteiger partial charge in [-0.25, -0.2) is 9.79 Å². The molecule has 1 atom stereocenters. The smallest absolute Gasteiger partial charge is 0.338 e. The Morgan fingerprint density at radius 3 is 2.24 bits per heavy atom. The quantitative estimate of drug-likeness (QED) is 0.256. The van der Waals surface area contributed by atoms with E-state index >= 15 is 0 Å². The van der Waals surface area contributed by atoms with Crippen molar-refractivity contribution >= 4 is 29.1 Å². The van der Waals surface area contributed by atoms with E-state index < -0.39 is 12.0 Å². The lowest BCUT2D eigenvalue weighted by molar-refractivity contribution is -0.138. The predicted molar refractivity (Wildman–Crippen MR) is 167 cm³/mol. The molecule has 4 aromatic rings. The van der Waals surface area contributed by atoms with Crippen LogP contribution in [0.2, 0.25) is 0 Å². The average Bonchev–Trinajstić information content (AvgIpc) is 3.26. The van der Waals surface area contributed by atoms with Crippen molar-refractivity contribution in [3.8, 4) is 0 Å². The second-order valence-electron chi connectivity index (χ2n) is 11.6. The van der Waals surface area contributed by atoms with Gasteiger partial charge in [-0.2, -0.15) is 0 Å². The molecule has 210 valence electrons. The van der Waals surface area contributed by atoms with Gasteiger partial charge in [0.1, 0.15) is 0 Å². The summed E-state index contributed by atoms with van der Waals surface area (Å²) in [7, 11) is 0. The normalized spacial score (nSPS) is 15.6. The Balaban J connectivity index is 1.76. The lowest BCUT2D eigenvalue weighted by atomic mass is 9.87. The maximum atomic E-state index is 14.1. The molecule has 5 rings (SSSR count). The van der Waals surface area contributed by atoms with Crippen LogP contribution in [0, 0.1) is 0 Å². The molecule has 0 saturated carbocycles. The summed E-state index contributed by atoms with van der Waals surface area (Å²) in [4.78, 5) is 33.2. The van der Waals surface area contributed by atoms with Crippen molar-refractivity contribution in [3.63, 3.8) is 0 Å². The Morgan fingerprint density at radius 1 is 1.00 bits per heavy atom. The van der Waals surface area contributed by atoms with Crippen molar-refractivity contribution in [2.24, 2.45) is 4.99 Å². The molecular weight excluding hydrogens is 528 g/mol. The predicted octanol–water partition coefficient (Wildman–Crippen LogP) is 6.36. The molecule has 0 bridgehead atoms. The second kappa shape index (κ2) is 11.5. The molecule has 0 unspecified atom stereocenters. The van der Waals surface area contributed by atoms with Crippen LogP contribution in [0.15, 0.2) is 94.2 Å². The number of thiazole rings is 1. The fourth-order valence-electron chi connectivity index (χ4n) is 5.05. The summed E-state index contributed by atoms with van der Waals surface area (Å²) in [6, 6.07) is 25.4. The third kappa shape index (κ3) is 5.75. The van der Waals surface area contributed by atoms with Crippen molar-refractivity contribution in [2.45, 2.75) is 58.9 Å². The van der Waals surface area contributed by atoms with Crippen LogP contribution >= 0.6 is 11.3 Å². The molecule has 0 spiro atoms. The van der Waals surface area contributed by atoms with Gasteiger partial charge in [0.25, 0.3) is 5.56 Å². The molecular formula is C35H36N2O3S. The molecule has 6 heteroatoms. The number of carbonyl (C=O) groups excluding carboxylic acids is 1. The van der Waals surface area contributed by atoms with Crippen LogP contribution in [0.25, 0.3) is 11.8 Å². The van der Waals surface area contributed by atoms with E-state index in [1.165, 1.54) is 22.5 Å². The van der Waals surface area contributed by atoms with Gasteiger partial charge >= 0.3 is 5.97 Å². The zero-order valence-corrected chi connectivity index (χ0v) is 25.3. The van der Waals surface area contributed by atoms with Gasteiger partial charge in [0.05, 0.1) is 28.5 Å². The van der Waals surface area contributed by atoms with Crippen LogP contribution in [0.1, 0.15) is 81.3 Å². The summed E-state index contributed by atoms with van der Waals surface area (Å²) in [6.45, 7) is 12.8. The van der Waals surface area contributed by atoms with E-state index in [9.17, 15) is 9.59 Å². The SMILES string of the molecule is CCOC(=O)C1=C(c2ccccc2)N=c2s/c(=C\c3ccc(C(C)(C)C)cc3)c(=O)n2[C@@H]1c1ccc(C(C)C)cc1. The number of fused-ring (bicyclic) bond motifs is 1. The zero-order chi connectivity index (χ0) is 29.3. The lowest BCUT2D eigenvalue weighted by Crippen LogP contribution is -2.40. The number of ether oxygens (including phenoxy) is 1. The molecule has 41 heavy (non-hydrogen) atoms. The van der Waals surface area contributed by atoms with Gasteiger partial charge in [0, 0.05) is 5.56 Å². The fraction of sp³-hybridized carbons (Fsp3) is 0.286. The highest BCUT2D eigenvalue weighted by atomic mass is 32.1. The number of benzene rings is 3. The lowest BCUT2D eigenvalue weighted by Gasteiger charge is -2.26. The number of carbonyl (C=O) groups is 1. The van der Waals surface area contributed by atoms with Gasteiger partial charge in [-0.1, -0.05) is 125 Å². The minimum Gasteiger partial charge on any atom is -0.463 e. The van der Waals surface area contributed by atoms with E-state index in [4.69, 9.17) is 9.73 Å². The van der Waals surface area contributed by atoms with Crippen molar-refractivity contribution in [1.82, 2.24) is 4.57 Å². The third-order valence-electron chi connectivity index (χ3n) is 7.37. The van der Waals surface area contributed by atoms with Crippen LogP contribution in [0.5, 0.6) is 0 Å². The first kappa shape index (κ1) is 28.5. The molecule has 5 nitrogen and oxygen atoms in total. The second-order valence-corrected chi connectivity index (χ2v) is 12.6. The van der Waals surface area contributed by atoms with Gasteiger partial charge in [-0.3, -0.25) is 9.36 Å². The number of hydrogen-bond acceptors (Lipinski definition) is 5. The molecule has 3 aromatic carbocycles. The Hall–Kier alpha value is -4.03.